The van der Waals surface area contributed by atoms with Crippen molar-refractivity contribution in [1.82, 2.24) is 0 Å². The Kier molecular flexibility index (Phi) is 3.39. The lowest BCUT2D eigenvalue weighted by Crippen LogP contribution is -1.85. The lowest BCUT2D eigenvalue weighted by molar-refractivity contribution is 1.25. The fraction of sp³-hybridized carbons (Fsp3) is 0.125. The van der Waals surface area contributed by atoms with Gasteiger partial charge in [-0.1, -0.05) is 54.6 Å². The average Bonchev–Trinajstić information content (AvgIpc) is 2.69. The van der Waals surface area contributed by atoms with Gasteiger partial charge < -0.3 is 0 Å². The summed E-state index contributed by atoms with van der Waals surface area (Å²) in [5.74, 6) is 0. The van der Waals surface area contributed by atoms with E-state index in [0.717, 1.165) is 6.42 Å². The van der Waals surface area contributed by atoms with Crippen LogP contribution in [0.15, 0.2) is 48.5 Å². The largest absolute Gasteiger partial charge is 0.197 e. The third kappa shape index (κ3) is 1.91. The monoisotopic (exact) mass is 240 g/mol. The standard InChI is InChI=1S/C16H14.H2S/c1-2-6-12-8-5-10-15-14-9-4-3-7-13(14)11-16(12)15;/h2-10H,11H2,1H3;1H2. The Morgan fingerprint density at radius 3 is 2.53 bits per heavy atom. The van der Waals surface area contributed by atoms with Crippen LogP contribution in [0, 0.1) is 0 Å². The number of hydrogen-bond donors (Lipinski definition) is 0. The Bertz CT molecular complexity index is 567. The number of rotatable bonds is 1. The van der Waals surface area contributed by atoms with E-state index in [1.807, 2.05) is 0 Å². The summed E-state index contributed by atoms with van der Waals surface area (Å²) in [5, 5.41) is 0. The highest BCUT2D eigenvalue weighted by molar-refractivity contribution is 7.59. The first-order valence-electron chi connectivity index (χ1n) is 5.73. The second-order valence-corrected chi connectivity index (χ2v) is 4.21. The van der Waals surface area contributed by atoms with Gasteiger partial charge in [-0.15, -0.1) is 0 Å². The summed E-state index contributed by atoms with van der Waals surface area (Å²) < 4.78 is 0. The second-order valence-electron chi connectivity index (χ2n) is 4.21. The minimum absolute atomic E-state index is 0. The molecule has 0 aliphatic heterocycles. The quantitative estimate of drug-likeness (QED) is 0.591. The summed E-state index contributed by atoms with van der Waals surface area (Å²) in [6.45, 7) is 2.07. The molecule has 0 saturated carbocycles. The van der Waals surface area contributed by atoms with Crippen molar-refractivity contribution in [2.24, 2.45) is 0 Å². The molecular formula is C16H16S. The molecule has 0 radical (unpaired) electrons. The summed E-state index contributed by atoms with van der Waals surface area (Å²) in [4.78, 5) is 0. The molecule has 1 aliphatic rings. The van der Waals surface area contributed by atoms with Crippen molar-refractivity contribution in [1.29, 1.82) is 0 Å². The highest BCUT2D eigenvalue weighted by atomic mass is 32.1. The Labute approximate surface area is 109 Å². The molecule has 17 heavy (non-hydrogen) atoms. The Hall–Kier alpha value is -1.47. The van der Waals surface area contributed by atoms with Crippen LogP contribution in [-0.2, 0) is 6.42 Å². The van der Waals surface area contributed by atoms with Crippen molar-refractivity contribution in [3.05, 3.63) is 65.2 Å². The van der Waals surface area contributed by atoms with Gasteiger partial charge in [0.05, 0.1) is 0 Å². The first-order chi connectivity index (χ1) is 7.90. The van der Waals surface area contributed by atoms with Gasteiger partial charge in [0, 0.05) is 0 Å². The topological polar surface area (TPSA) is 0 Å². The third-order valence-electron chi connectivity index (χ3n) is 3.23. The number of benzene rings is 2. The van der Waals surface area contributed by atoms with Crippen LogP contribution in [0.3, 0.4) is 0 Å². The molecule has 0 heterocycles. The van der Waals surface area contributed by atoms with Gasteiger partial charge in [0.2, 0.25) is 0 Å². The summed E-state index contributed by atoms with van der Waals surface area (Å²) in [6.07, 6.45) is 5.38. The molecule has 0 saturated heterocycles. The Balaban J connectivity index is 0.00000108. The summed E-state index contributed by atoms with van der Waals surface area (Å²) >= 11 is 0. The molecule has 0 N–H and O–H groups in total. The van der Waals surface area contributed by atoms with E-state index < -0.39 is 0 Å². The predicted molar refractivity (Wildman–Crippen MR) is 79.8 cm³/mol. The van der Waals surface area contributed by atoms with E-state index in [2.05, 4.69) is 61.5 Å². The van der Waals surface area contributed by atoms with Gasteiger partial charge in [-0.2, -0.15) is 13.5 Å². The molecule has 0 amide bonds. The van der Waals surface area contributed by atoms with Gasteiger partial charge in [0.15, 0.2) is 0 Å². The van der Waals surface area contributed by atoms with Crippen LogP contribution >= 0.6 is 13.5 Å². The molecule has 86 valence electrons. The molecule has 0 fully saturated rings. The van der Waals surface area contributed by atoms with Crippen LogP contribution in [0.25, 0.3) is 17.2 Å². The zero-order chi connectivity index (χ0) is 11.0. The molecule has 1 heteroatoms. The Morgan fingerprint density at radius 2 is 1.71 bits per heavy atom. The summed E-state index contributed by atoms with van der Waals surface area (Å²) in [5.41, 5.74) is 7.10. The van der Waals surface area contributed by atoms with Crippen LogP contribution in [0.5, 0.6) is 0 Å². The Morgan fingerprint density at radius 1 is 0.941 bits per heavy atom. The molecule has 2 aromatic carbocycles. The van der Waals surface area contributed by atoms with Crippen LogP contribution in [0.1, 0.15) is 23.6 Å². The van der Waals surface area contributed by atoms with E-state index >= 15 is 0 Å². The van der Waals surface area contributed by atoms with Gasteiger partial charge in [0.1, 0.15) is 0 Å². The van der Waals surface area contributed by atoms with Crippen molar-refractivity contribution in [3.63, 3.8) is 0 Å². The minimum Gasteiger partial charge on any atom is -0.197 e. The molecule has 1 aliphatic carbocycles. The van der Waals surface area contributed by atoms with Crippen molar-refractivity contribution in [3.8, 4) is 11.1 Å². The first-order valence-corrected chi connectivity index (χ1v) is 5.73. The van der Waals surface area contributed by atoms with E-state index in [9.17, 15) is 0 Å². The maximum absolute atomic E-state index is 2.23. The zero-order valence-corrected chi connectivity index (χ0v) is 10.9. The fourth-order valence-corrected chi connectivity index (χ4v) is 2.52. The van der Waals surface area contributed by atoms with E-state index in [4.69, 9.17) is 0 Å². The van der Waals surface area contributed by atoms with Gasteiger partial charge in [0.25, 0.3) is 0 Å². The van der Waals surface area contributed by atoms with E-state index in [-0.39, 0.29) is 13.5 Å². The predicted octanol–water partition coefficient (Wildman–Crippen LogP) is 4.40. The number of fused-ring (bicyclic) bond motifs is 3. The maximum Gasteiger partial charge on any atom is -0.000751 e. The van der Waals surface area contributed by atoms with Gasteiger partial charge >= 0.3 is 0 Å². The van der Waals surface area contributed by atoms with Crippen LogP contribution < -0.4 is 0 Å². The van der Waals surface area contributed by atoms with E-state index in [1.165, 1.54) is 27.8 Å². The average molecular weight is 240 g/mol. The fourth-order valence-electron chi connectivity index (χ4n) is 2.52. The lowest BCUT2D eigenvalue weighted by Gasteiger charge is -2.03. The van der Waals surface area contributed by atoms with Crippen LogP contribution in [-0.4, -0.2) is 0 Å². The molecule has 0 bridgehead atoms. The number of allylic oxidation sites excluding steroid dienone is 1. The summed E-state index contributed by atoms with van der Waals surface area (Å²) in [7, 11) is 0. The SMILES string of the molecule is CC=Cc1cccc2c1Cc1ccccc1-2.S. The van der Waals surface area contributed by atoms with Crippen molar-refractivity contribution in [2.45, 2.75) is 13.3 Å². The summed E-state index contributed by atoms with van der Waals surface area (Å²) in [6, 6.07) is 15.3. The first kappa shape index (κ1) is 12.0. The second kappa shape index (κ2) is 4.80. The molecule has 0 nitrogen and oxygen atoms in total. The van der Waals surface area contributed by atoms with Crippen LogP contribution in [0.2, 0.25) is 0 Å². The van der Waals surface area contributed by atoms with E-state index in [1.54, 1.807) is 0 Å². The van der Waals surface area contributed by atoms with Crippen molar-refractivity contribution < 1.29 is 0 Å². The van der Waals surface area contributed by atoms with Crippen LogP contribution in [0.4, 0.5) is 0 Å². The van der Waals surface area contributed by atoms with Gasteiger partial charge in [-0.3, -0.25) is 0 Å². The molecule has 0 atom stereocenters. The normalized spacial score (nSPS) is 12.1. The van der Waals surface area contributed by atoms with Gasteiger partial charge in [-0.25, -0.2) is 0 Å². The molecule has 0 spiro atoms. The molecule has 0 aromatic heterocycles. The molecule has 0 unspecified atom stereocenters. The molecule has 3 rings (SSSR count). The molecule has 2 aromatic rings. The van der Waals surface area contributed by atoms with Gasteiger partial charge in [-0.05, 0) is 41.2 Å². The maximum atomic E-state index is 2.23. The zero-order valence-electron chi connectivity index (χ0n) is 9.90. The number of hydrogen-bond acceptors (Lipinski definition) is 0. The van der Waals surface area contributed by atoms with Crippen molar-refractivity contribution >= 4 is 19.6 Å². The highest BCUT2D eigenvalue weighted by Gasteiger charge is 2.18. The molecular weight excluding hydrogens is 224 g/mol. The smallest absolute Gasteiger partial charge is 0.000751 e. The third-order valence-corrected chi connectivity index (χ3v) is 3.23. The highest BCUT2D eigenvalue weighted by Crippen LogP contribution is 2.38. The van der Waals surface area contributed by atoms with E-state index in [0.29, 0.717) is 0 Å². The van der Waals surface area contributed by atoms with Crippen molar-refractivity contribution in [2.75, 3.05) is 0 Å². The minimum atomic E-state index is 0. The lowest BCUT2D eigenvalue weighted by atomic mass is 10.0.